The molecule has 117 valence electrons. The molecule has 1 atom stereocenters. The van der Waals surface area contributed by atoms with E-state index in [0.717, 1.165) is 11.1 Å². The van der Waals surface area contributed by atoms with Gasteiger partial charge in [0, 0.05) is 18.2 Å². The largest absolute Gasteiger partial charge is 0.344 e. The van der Waals surface area contributed by atoms with Crippen LogP contribution in [0.25, 0.3) is 16.3 Å². The van der Waals surface area contributed by atoms with Crippen LogP contribution in [-0.4, -0.2) is 10.9 Å². The average molecular weight is 313 g/mol. The van der Waals surface area contributed by atoms with E-state index in [4.69, 9.17) is 0 Å². The minimum absolute atomic E-state index is 0.0855. The average Bonchev–Trinajstić information content (AvgIpc) is 3.46. The van der Waals surface area contributed by atoms with Crippen LogP contribution in [-0.2, 0) is 0 Å². The predicted octanol–water partition coefficient (Wildman–Crippen LogP) is 4.33. The highest BCUT2D eigenvalue weighted by Crippen LogP contribution is 2.34. The van der Waals surface area contributed by atoms with Gasteiger partial charge in [0.15, 0.2) is 0 Å². The van der Waals surface area contributed by atoms with Gasteiger partial charge in [-0.2, -0.15) is 0 Å². The number of pyridine rings is 1. The number of fused-ring (bicyclic) bond motifs is 1. The van der Waals surface area contributed by atoms with E-state index in [1.807, 2.05) is 55.5 Å². The highest BCUT2D eigenvalue weighted by Gasteiger charge is 2.16. The summed E-state index contributed by atoms with van der Waals surface area (Å²) in [5, 5.41) is 5.26. The molecule has 1 heterocycles. The van der Waals surface area contributed by atoms with Gasteiger partial charge in [0.05, 0.1) is 11.7 Å². The number of allylic oxidation sites excluding steroid dienone is 2. The molecule has 3 heteroatoms. The smallest absolute Gasteiger partial charge is 0.251 e. The lowest BCUT2D eigenvalue weighted by Gasteiger charge is -2.14. The highest BCUT2D eigenvalue weighted by molar-refractivity contribution is 6.04. The number of hydrogen-bond acceptors (Lipinski definition) is 2. The third-order valence-electron chi connectivity index (χ3n) is 4.27. The second-order valence-electron chi connectivity index (χ2n) is 5.98. The van der Waals surface area contributed by atoms with Gasteiger partial charge in [0.1, 0.15) is 0 Å². The molecule has 24 heavy (non-hydrogen) atoms. The van der Waals surface area contributed by atoms with Crippen molar-refractivity contribution in [2.75, 3.05) is 0 Å². The molecule has 1 N–H and O–H groups in total. The maximum Gasteiger partial charge on any atom is 0.251 e. The molecular formula is C21H17N2O. The molecular weight excluding hydrogens is 296 g/mol. The first kappa shape index (κ1) is 14.6. The van der Waals surface area contributed by atoms with Gasteiger partial charge in [0.25, 0.3) is 5.91 Å². The third kappa shape index (κ3) is 2.81. The number of hydrogen-bond donors (Lipinski definition) is 1. The Balaban J connectivity index is 1.60. The summed E-state index contributed by atoms with van der Waals surface area (Å²) >= 11 is 0. The van der Waals surface area contributed by atoms with E-state index in [9.17, 15) is 4.79 Å². The van der Waals surface area contributed by atoms with Crippen LogP contribution in [0.4, 0.5) is 0 Å². The van der Waals surface area contributed by atoms with Crippen LogP contribution < -0.4 is 5.32 Å². The van der Waals surface area contributed by atoms with Crippen LogP contribution in [0, 0.1) is 6.42 Å². The molecule has 1 amide bonds. The van der Waals surface area contributed by atoms with Crippen LogP contribution >= 0.6 is 0 Å². The molecule has 0 unspecified atom stereocenters. The molecule has 0 saturated heterocycles. The zero-order valence-electron chi connectivity index (χ0n) is 13.4. The van der Waals surface area contributed by atoms with Crippen LogP contribution in [0.3, 0.4) is 0 Å². The topological polar surface area (TPSA) is 42.0 Å². The molecule has 0 spiro atoms. The number of benzene rings is 2. The molecule has 4 rings (SSSR count). The maximum absolute atomic E-state index is 12.5. The van der Waals surface area contributed by atoms with E-state index < -0.39 is 0 Å². The Morgan fingerprint density at radius 2 is 1.96 bits per heavy atom. The molecule has 2 aromatic carbocycles. The second-order valence-corrected chi connectivity index (χ2v) is 5.98. The standard InChI is InChI=1S/C21H17N2O/c1-14(20-7-2-3-12-22-20)23-21(24)17-10-11-19-16(13-17)5-4-6-18(19)15-8-9-15/h2-14H,1H3,(H,23,24)/t14-/m1/s1. The fraction of sp³-hybridized carbons (Fsp3) is 0.0952. The van der Waals surface area contributed by atoms with Gasteiger partial charge in [-0.1, -0.05) is 36.4 Å². The normalized spacial score (nSPS) is 14.1. The molecule has 1 aliphatic carbocycles. The number of nitrogens with zero attached hydrogens (tertiary/aromatic N) is 1. The first-order chi connectivity index (χ1) is 11.7. The van der Waals surface area contributed by atoms with E-state index in [1.165, 1.54) is 16.5 Å². The monoisotopic (exact) mass is 313 g/mol. The molecule has 3 aromatic rings. The van der Waals surface area contributed by atoms with Crippen LogP contribution in [0.15, 0.2) is 66.9 Å². The Labute approximate surface area is 141 Å². The number of rotatable bonds is 4. The molecule has 0 fully saturated rings. The van der Waals surface area contributed by atoms with Gasteiger partial charge < -0.3 is 5.32 Å². The van der Waals surface area contributed by atoms with Gasteiger partial charge in [-0.25, -0.2) is 0 Å². The van der Waals surface area contributed by atoms with Gasteiger partial charge in [-0.15, -0.1) is 0 Å². The van der Waals surface area contributed by atoms with Crippen molar-refractivity contribution in [1.29, 1.82) is 0 Å². The van der Waals surface area contributed by atoms with Gasteiger partial charge in [-0.3, -0.25) is 9.78 Å². The first-order valence-corrected chi connectivity index (χ1v) is 8.02. The van der Waals surface area contributed by atoms with E-state index >= 15 is 0 Å². The van der Waals surface area contributed by atoms with Crippen molar-refractivity contribution in [2.24, 2.45) is 0 Å². The summed E-state index contributed by atoms with van der Waals surface area (Å²) in [4.78, 5) is 16.8. The SMILES string of the molecule is C[C@@H](NC(=O)c1ccc2c(C3=C[CH]3)cccc2c1)c1ccccn1. The molecule has 1 aliphatic rings. The molecule has 0 saturated carbocycles. The van der Waals surface area contributed by atoms with Crippen molar-refractivity contribution in [3.05, 3.63) is 90.1 Å². The second kappa shape index (κ2) is 5.93. The number of aromatic nitrogens is 1. The lowest BCUT2D eigenvalue weighted by Crippen LogP contribution is -2.27. The molecule has 0 aliphatic heterocycles. The lowest BCUT2D eigenvalue weighted by molar-refractivity contribution is 0.0939. The van der Waals surface area contributed by atoms with Crippen molar-refractivity contribution in [3.8, 4) is 0 Å². The maximum atomic E-state index is 12.5. The zero-order valence-corrected chi connectivity index (χ0v) is 13.4. The highest BCUT2D eigenvalue weighted by atomic mass is 16.1. The molecule has 0 bridgehead atoms. The van der Waals surface area contributed by atoms with Crippen molar-refractivity contribution >= 4 is 22.3 Å². The predicted molar refractivity (Wildman–Crippen MR) is 96.3 cm³/mol. The summed E-state index contributed by atoms with van der Waals surface area (Å²) < 4.78 is 0. The summed E-state index contributed by atoms with van der Waals surface area (Å²) in [6, 6.07) is 17.6. The van der Waals surface area contributed by atoms with Crippen LogP contribution in [0.2, 0.25) is 0 Å². The Kier molecular flexibility index (Phi) is 3.62. The van der Waals surface area contributed by atoms with E-state index in [1.54, 1.807) is 6.20 Å². The minimum Gasteiger partial charge on any atom is -0.344 e. The van der Waals surface area contributed by atoms with Gasteiger partial charge >= 0.3 is 0 Å². The summed E-state index contributed by atoms with van der Waals surface area (Å²) in [6.07, 6.45) is 5.94. The fourth-order valence-corrected chi connectivity index (χ4v) is 2.88. The van der Waals surface area contributed by atoms with Crippen molar-refractivity contribution < 1.29 is 4.79 Å². The lowest BCUT2D eigenvalue weighted by atomic mass is 10.00. The van der Waals surface area contributed by atoms with Crippen molar-refractivity contribution in [3.63, 3.8) is 0 Å². The fourth-order valence-electron chi connectivity index (χ4n) is 2.88. The number of amides is 1. The third-order valence-corrected chi connectivity index (χ3v) is 4.27. The van der Waals surface area contributed by atoms with E-state index in [0.29, 0.717) is 5.56 Å². The Bertz CT molecular complexity index is 944. The van der Waals surface area contributed by atoms with Crippen molar-refractivity contribution in [1.82, 2.24) is 10.3 Å². The van der Waals surface area contributed by atoms with Gasteiger partial charge in [-0.05, 0) is 53.1 Å². The number of carbonyl (C=O) groups excluding carboxylic acids is 1. The van der Waals surface area contributed by atoms with Gasteiger partial charge in [0.2, 0.25) is 0 Å². The Hall–Kier alpha value is -2.94. The van der Waals surface area contributed by atoms with E-state index in [2.05, 4.69) is 28.9 Å². The van der Waals surface area contributed by atoms with Crippen LogP contribution in [0.5, 0.6) is 0 Å². The molecule has 1 radical (unpaired) electrons. The van der Waals surface area contributed by atoms with Crippen LogP contribution in [0.1, 0.15) is 34.6 Å². The minimum atomic E-state index is -0.132. The number of carbonyl (C=O) groups is 1. The van der Waals surface area contributed by atoms with Crippen molar-refractivity contribution in [2.45, 2.75) is 13.0 Å². The molecule has 1 aromatic heterocycles. The summed E-state index contributed by atoms with van der Waals surface area (Å²) in [5.74, 6) is -0.0855. The zero-order chi connectivity index (χ0) is 16.5. The first-order valence-electron chi connectivity index (χ1n) is 8.02. The Morgan fingerprint density at radius 1 is 1.08 bits per heavy atom. The Morgan fingerprint density at radius 3 is 2.71 bits per heavy atom. The number of nitrogens with one attached hydrogen (secondary N) is 1. The quantitative estimate of drug-likeness (QED) is 0.779. The van der Waals surface area contributed by atoms with E-state index in [-0.39, 0.29) is 11.9 Å². The summed E-state index contributed by atoms with van der Waals surface area (Å²) in [6.45, 7) is 1.94. The summed E-state index contributed by atoms with van der Waals surface area (Å²) in [5.41, 5.74) is 4.00. The molecule has 3 nitrogen and oxygen atoms in total. The summed E-state index contributed by atoms with van der Waals surface area (Å²) in [7, 11) is 0.